The highest BCUT2D eigenvalue weighted by Crippen LogP contribution is 2.11. The second kappa shape index (κ2) is 8.70. The van der Waals surface area contributed by atoms with Crippen LogP contribution >= 0.6 is 0 Å². The Balaban J connectivity index is 1.98. The minimum absolute atomic E-state index is 0.0210. The summed E-state index contributed by atoms with van der Waals surface area (Å²) in [5, 5.41) is 0. The Morgan fingerprint density at radius 3 is 2.17 bits per heavy atom. The molecule has 0 aliphatic heterocycles. The molecular formula is C16H22N2O5S. The van der Waals surface area contributed by atoms with Gasteiger partial charge >= 0.3 is 0 Å². The van der Waals surface area contributed by atoms with Gasteiger partial charge in [0.05, 0.1) is 37.9 Å². The fraction of sp³-hybridized carbons (Fsp3) is 0.438. The molecule has 1 amide bonds. The van der Waals surface area contributed by atoms with Gasteiger partial charge in [0.1, 0.15) is 11.5 Å². The highest BCUT2D eigenvalue weighted by atomic mass is 32.2. The monoisotopic (exact) mass is 354 g/mol. The van der Waals surface area contributed by atoms with Gasteiger partial charge in [0.2, 0.25) is 15.9 Å². The molecule has 0 radical (unpaired) electrons. The minimum Gasteiger partial charge on any atom is -0.467 e. The number of amides is 1. The maximum atomic E-state index is 12.4. The fourth-order valence-electron chi connectivity index (χ4n) is 2.10. The normalized spacial score (nSPS) is 11.5. The molecule has 0 atom stereocenters. The Kier molecular flexibility index (Phi) is 6.62. The van der Waals surface area contributed by atoms with Crippen molar-refractivity contribution in [2.45, 2.75) is 32.9 Å². The molecule has 0 aliphatic rings. The van der Waals surface area contributed by atoms with E-state index in [0.717, 1.165) is 6.42 Å². The molecule has 0 saturated heterocycles. The Bertz CT molecular complexity index is 672. The summed E-state index contributed by atoms with van der Waals surface area (Å²) in [5.41, 5.74) is 0. The summed E-state index contributed by atoms with van der Waals surface area (Å²) >= 11 is 0. The number of nitrogens with zero attached hydrogens (tertiary/aromatic N) is 1. The van der Waals surface area contributed by atoms with E-state index in [1.54, 1.807) is 24.3 Å². The standard InChI is InChI=1S/C16H22N2O5S/c1-2-3-10-24(20,21)17-11-16(19)18(12-14-6-4-8-22-14)13-15-7-5-9-23-15/h4-9,17H,2-3,10-13H2,1H3. The number of carbonyl (C=O) groups excluding carboxylic acids is 1. The lowest BCUT2D eigenvalue weighted by Crippen LogP contribution is -2.40. The number of rotatable bonds is 10. The predicted molar refractivity (Wildman–Crippen MR) is 88.4 cm³/mol. The van der Waals surface area contributed by atoms with E-state index in [9.17, 15) is 13.2 Å². The van der Waals surface area contributed by atoms with Crippen molar-refractivity contribution in [1.29, 1.82) is 0 Å². The number of hydrogen-bond acceptors (Lipinski definition) is 5. The zero-order valence-corrected chi connectivity index (χ0v) is 14.4. The second-order valence-corrected chi connectivity index (χ2v) is 7.33. The highest BCUT2D eigenvalue weighted by molar-refractivity contribution is 7.89. The van der Waals surface area contributed by atoms with Crippen LogP contribution in [-0.2, 0) is 27.9 Å². The third-order valence-corrected chi connectivity index (χ3v) is 4.83. The molecule has 0 aliphatic carbocycles. The average Bonchev–Trinajstić information content (AvgIpc) is 3.24. The quantitative estimate of drug-likeness (QED) is 0.705. The van der Waals surface area contributed by atoms with Crippen LogP contribution in [0.5, 0.6) is 0 Å². The van der Waals surface area contributed by atoms with E-state index in [2.05, 4.69) is 4.72 Å². The summed E-state index contributed by atoms with van der Waals surface area (Å²) in [6.45, 7) is 2.11. The zero-order chi connectivity index (χ0) is 17.4. The van der Waals surface area contributed by atoms with Crippen LogP contribution in [0.25, 0.3) is 0 Å². The van der Waals surface area contributed by atoms with Crippen LogP contribution in [0.2, 0.25) is 0 Å². The van der Waals surface area contributed by atoms with Crippen molar-refractivity contribution in [1.82, 2.24) is 9.62 Å². The van der Waals surface area contributed by atoms with Crippen LogP contribution in [0, 0.1) is 0 Å². The van der Waals surface area contributed by atoms with Crippen LogP contribution in [0.4, 0.5) is 0 Å². The van der Waals surface area contributed by atoms with Gasteiger partial charge in [0.15, 0.2) is 0 Å². The minimum atomic E-state index is -3.44. The van der Waals surface area contributed by atoms with Gasteiger partial charge in [-0.05, 0) is 30.7 Å². The molecular weight excluding hydrogens is 332 g/mol. The van der Waals surface area contributed by atoms with Gasteiger partial charge in [0, 0.05) is 0 Å². The van der Waals surface area contributed by atoms with Gasteiger partial charge in [-0.2, -0.15) is 0 Å². The molecule has 0 spiro atoms. The Morgan fingerprint density at radius 2 is 1.71 bits per heavy atom. The van der Waals surface area contributed by atoms with E-state index in [-0.39, 0.29) is 31.3 Å². The van der Waals surface area contributed by atoms with Crippen molar-refractivity contribution in [3.8, 4) is 0 Å². The van der Waals surface area contributed by atoms with Gasteiger partial charge in [-0.25, -0.2) is 13.1 Å². The molecule has 2 aromatic rings. The van der Waals surface area contributed by atoms with Crippen molar-refractivity contribution in [3.63, 3.8) is 0 Å². The van der Waals surface area contributed by atoms with Gasteiger partial charge in [-0.1, -0.05) is 13.3 Å². The van der Waals surface area contributed by atoms with Crippen LogP contribution in [0.3, 0.4) is 0 Å². The number of sulfonamides is 1. The van der Waals surface area contributed by atoms with Crippen molar-refractivity contribution in [2.75, 3.05) is 12.3 Å². The van der Waals surface area contributed by atoms with Crippen molar-refractivity contribution < 1.29 is 22.0 Å². The first-order valence-corrected chi connectivity index (χ1v) is 9.45. The Morgan fingerprint density at radius 1 is 1.12 bits per heavy atom. The summed E-state index contributed by atoms with van der Waals surface area (Å²) in [6, 6.07) is 6.98. The zero-order valence-electron chi connectivity index (χ0n) is 13.6. The molecule has 0 saturated carbocycles. The molecule has 0 fully saturated rings. The van der Waals surface area contributed by atoms with Gasteiger partial charge in [0.25, 0.3) is 0 Å². The van der Waals surface area contributed by atoms with Crippen LogP contribution in [-0.4, -0.2) is 31.5 Å². The van der Waals surface area contributed by atoms with E-state index >= 15 is 0 Å². The maximum absolute atomic E-state index is 12.4. The van der Waals surface area contributed by atoms with E-state index in [1.165, 1.54) is 17.4 Å². The van der Waals surface area contributed by atoms with E-state index in [4.69, 9.17) is 8.83 Å². The number of hydrogen-bond donors (Lipinski definition) is 1. The summed E-state index contributed by atoms with van der Waals surface area (Å²) < 4.78 is 36.6. The molecule has 0 unspecified atom stereocenters. The molecule has 7 nitrogen and oxygen atoms in total. The number of unbranched alkanes of at least 4 members (excludes halogenated alkanes) is 1. The lowest BCUT2D eigenvalue weighted by atomic mass is 10.3. The first-order chi connectivity index (χ1) is 11.5. The van der Waals surface area contributed by atoms with Crippen LogP contribution < -0.4 is 4.72 Å². The first-order valence-electron chi connectivity index (χ1n) is 7.80. The summed E-state index contributed by atoms with van der Waals surface area (Å²) in [6.07, 6.45) is 4.39. The molecule has 2 heterocycles. The largest absolute Gasteiger partial charge is 0.467 e. The second-order valence-electron chi connectivity index (χ2n) is 5.40. The summed E-state index contributed by atoms with van der Waals surface area (Å²) in [5.74, 6) is 0.906. The summed E-state index contributed by atoms with van der Waals surface area (Å²) in [7, 11) is -3.44. The third-order valence-electron chi connectivity index (χ3n) is 3.42. The maximum Gasteiger partial charge on any atom is 0.238 e. The Hall–Kier alpha value is -2.06. The molecule has 2 rings (SSSR count). The lowest BCUT2D eigenvalue weighted by Gasteiger charge is -2.21. The van der Waals surface area contributed by atoms with E-state index < -0.39 is 10.0 Å². The average molecular weight is 354 g/mol. The molecule has 132 valence electrons. The summed E-state index contributed by atoms with van der Waals surface area (Å²) in [4.78, 5) is 13.9. The third kappa shape index (κ3) is 5.86. The fourth-order valence-corrected chi connectivity index (χ4v) is 3.26. The van der Waals surface area contributed by atoms with Crippen molar-refractivity contribution >= 4 is 15.9 Å². The first kappa shape index (κ1) is 18.3. The van der Waals surface area contributed by atoms with E-state index in [1.807, 2.05) is 6.92 Å². The van der Waals surface area contributed by atoms with Crippen molar-refractivity contribution in [2.24, 2.45) is 0 Å². The number of carbonyl (C=O) groups is 1. The molecule has 24 heavy (non-hydrogen) atoms. The van der Waals surface area contributed by atoms with Gasteiger partial charge < -0.3 is 13.7 Å². The molecule has 8 heteroatoms. The van der Waals surface area contributed by atoms with Gasteiger partial charge in [-0.3, -0.25) is 4.79 Å². The predicted octanol–water partition coefficient (Wildman–Crippen LogP) is 2.12. The van der Waals surface area contributed by atoms with Gasteiger partial charge in [-0.15, -0.1) is 0 Å². The lowest BCUT2D eigenvalue weighted by molar-refractivity contribution is -0.131. The Labute approximate surface area is 141 Å². The van der Waals surface area contributed by atoms with E-state index in [0.29, 0.717) is 17.9 Å². The molecule has 1 N–H and O–H groups in total. The topological polar surface area (TPSA) is 92.8 Å². The van der Waals surface area contributed by atoms with Crippen molar-refractivity contribution in [3.05, 3.63) is 48.3 Å². The highest BCUT2D eigenvalue weighted by Gasteiger charge is 2.19. The molecule has 0 aromatic carbocycles. The number of nitrogens with one attached hydrogen (secondary N) is 1. The van der Waals surface area contributed by atoms with Crippen LogP contribution in [0.15, 0.2) is 45.6 Å². The van der Waals surface area contributed by atoms with Crippen LogP contribution in [0.1, 0.15) is 31.3 Å². The molecule has 0 bridgehead atoms. The smallest absolute Gasteiger partial charge is 0.238 e. The molecule has 2 aromatic heterocycles. The number of furan rings is 2. The SMILES string of the molecule is CCCCS(=O)(=O)NCC(=O)N(Cc1ccco1)Cc1ccco1.